The summed E-state index contributed by atoms with van der Waals surface area (Å²) in [5.41, 5.74) is 1.34. The average Bonchev–Trinajstić information content (AvgIpc) is 3.48. The van der Waals surface area contributed by atoms with E-state index in [1.165, 1.54) is 6.42 Å². The zero-order valence-corrected chi connectivity index (χ0v) is 19.4. The maximum absolute atomic E-state index is 13.3. The van der Waals surface area contributed by atoms with Gasteiger partial charge in [0.15, 0.2) is 5.82 Å². The number of H-pyrrole nitrogens is 1. The standard InChI is InChI=1S/C24H32N6O3/c1-3-32-18-8-9-21-17(12-18)13-20(24(31)25-21)22(29-10-4-6-16(2)14-29)23-26-27-28-30(23)15-19-7-5-11-33-19/h8-9,12-13,16,19,22H,3-7,10-11,14-15H2,1-2H3,(H,25,31)/t16-,19+,22-/m1/s1. The van der Waals surface area contributed by atoms with E-state index in [-0.39, 0.29) is 17.7 Å². The first-order chi connectivity index (χ1) is 16.1. The molecule has 3 atom stereocenters. The van der Waals surface area contributed by atoms with Crippen LogP contribution >= 0.6 is 0 Å². The molecule has 0 radical (unpaired) electrons. The third kappa shape index (κ3) is 4.65. The number of pyridine rings is 1. The second-order valence-electron chi connectivity index (χ2n) is 9.23. The third-order valence-corrected chi connectivity index (χ3v) is 6.71. The molecule has 1 aromatic carbocycles. The van der Waals surface area contributed by atoms with Gasteiger partial charge in [-0.15, -0.1) is 5.10 Å². The molecular formula is C24H32N6O3. The Hall–Kier alpha value is -2.78. The van der Waals surface area contributed by atoms with Gasteiger partial charge in [0.05, 0.1) is 19.3 Å². The van der Waals surface area contributed by atoms with E-state index in [0.29, 0.717) is 30.5 Å². The Labute approximate surface area is 193 Å². The molecule has 2 saturated heterocycles. The number of tetrazole rings is 1. The molecule has 3 aromatic rings. The molecule has 0 aliphatic carbocycles. The third-order valence-electron chi connectivity index (χ3n) is 6.71. The topological polar surface area (TPSA) is 98.2 Å². The first kappa shape index (κ1) is 22.0. The lowest BCUT2D eigenvalue weighted by Crippen LogP contribution is -2.41. The molecule has 9 nitrogen and oxygen atoms in total. The Morgan fingerprint density at radius 2 is 2.18 bits per heavy atom. The van der Waals surface area contributed by atoms with Crippen LogP contribution in [0.3, 0.4) is 0 Å². The van der Waals surface area contributed by atoms with Crippen molar-refractivity contribution in [2.45, 2.75) is 58.2 Å². The molecule has 33 heavy (non-hydrogen) atoms. The van der Waals surface area contributed by atoms with Gasteiger partial charge < -0.3 is 14.5 Å². The fraction of sp³-hybridized carbons (Fsp3) is 0.583. The van der Waals surface area contributed by atoms with Gasteiger partial charge in [0.25, 0.3) is 5.56 Å². The lowest BCUT2D eigenvalue weighted by molar-refractivity contribution is 0.0889. The van der Waals surface area contributed by atoms with Crippen molar-refractivity contribution in [2.75, 3.05) is 26.3 Å². The van der Waals surface area contributed by atoms with Crippen molar-refractivity contribution in [1.82, 2.24) is 30.1 Å². The minimum absolute atomic E-state index is 0.108. The molecule has 0 saturated carbocycles. The van der Waals surface area contributed by atoms with Gasteiger partial charge in [-0.2, -0.15) is 0 Å². The minimum atomic E-state index is -0.326. The summed E-state index contributed by atoms with van der Waals surface area (Å²) >= 11 is 0. The van der Waals surface area contributed by atoms with Crippen molar-refractivity contribution in [2.24, 2.45) is 5.92 Å². The van der Waals surface area contributed by atoms with Gasteiger partial charge in [0.2, 0.25) is 0 Å². The molecule has 0 bridgehead atoms. The van der Waals surface area contributed by atoms with Crippen molar-refractivity contribution < 1.29 is 9.47 Å². The largest absolute Gasteiger partial charge is 0.494 e. The predicted molar refractivity (Wildman–Crippen MR) is 124 cm³/mol. The van der Waals surface area contributed by atoms with Crippen molar-refractivity contribution in [3.63, 3.8) is 0 Å². The van der Waals surface area contributed by atoms with E-state index in [1.807, 2.05) is 35.9 Å². The number of likely N-dealkylation sites (tertiary alicyclic amines) is 1. The van der Waals surface area contributed by atoms with E-state index >= 15 is 0 Å². The van der Waals surface area contributed by atoms with Crippen LogP contribution in [0.25, 0.3) is 10.9 Å². The normalized spacial score (nSPS) is 22.6. The maximum atomic E-state index is 13.3. The smallest absolute Gasteiger partial charge is 0.253 e. The molecule has 9 heteroatoms. The maximum Gasteiger partial charge on any atom is 0.253 e. The van der Waals surface area contributed by atoms with Crippen LogP contribution in [-0.4, -0.2) is 62.5 Å². The molecule has 176 valence electrons. The number of hydrogen-bond acceptors (Lipinski definition) is 7. The van der Waals surface area contributed by atoms with Gasteiger partial charge in [0.1, 0.15) is 11.8 Å². The first-order valence-electron chi connectivity index (χ1n) is 12.0. The summed E-state index contributed by atoms with van der Waals surface area (Å²) < 4.78 is 13.4. The summed E-state index contributed by atoms with van der Waals surface area (Å²) in [5, 5.41) is 13.7. The van der Waals surface area contributed by atoms with Crippen molar-refractivity contribution in [3.8, 4) is 5.75 Å². The van der Waals surface area contributed by atoms with Gasteiger partial charge >= 0.3 is 0 Å². The Morgan fingerprint density at radius 1 is 1.27 bits per heavy atom. The minimum Gasteiger partial charge on any atom is -0.494 e. The monoisotopic (exact) mass is 452 g/mol. The van der Waals surface area contributed by atoms with Gasteiger partial charge in [-0.25, -0.2) is 4.68 Å². The zero-order valence-electron chi connectivity index (χ0n) is 19.4. The number of nitrogens with one attached hydrogen (secondary N) is 1. The molecule has 0 unspecified atom stereocenters. The predicted octanol–water partition coefficient (Wildman–Crippen LogP) is 2.91. The molecule has 4 heterocycles. The molecule has 5 rings (SSSR count). The molecule has 2 fully saturated rings. The summed E-state index contributed by atoms with van der Waals surface area (Å²) in [4.78, 5) is 18.8. The van der Waals surface area contributed by atoms with E-state index in [4.69, 9.17) is 9.47 Å². The Morgan fingerprint density at radius 3 is 2.97 bits per heavy atom. The van der Waals surface area contributed by atoms with Crippen LogP contribution in [0, 0.1) is 5.92 Å². The Balaban J connectivity index is 1.59. The second-order valence-corrected chi connectivity index (χ2v) is 9.23. The average molecular weight is 453 g/mol. The van der Waals surface area contributed by atoms with Gasteiger partial charge in [0, 0.05) is 29.6 Å². The van der Waals surface area contributed by atoms with Gasteiger partial charge in [-0.05, 0) is 79.8 Å². The van der Waals surface area contributed by atoms with Crippen molar-refractivity contribution >= 4 is 10.9 Å². The molecule has 1 N–H and O–H groups in total. The summed E-state index contributed by atoms with van der Waals surface area (Å²) in [6.45, 7) is 7.99. The highest BCUT2D eigenvalue weighted by atomic mass is 16.5. The highest BCUT2D eigenvalue weighted by molar-refractivity contribution is 5.80. The molecule has 2 aromatic heterocycles. The van der Waals surface area contributed by atoms with Crippen molar-refractivity contribution in [3.05, 3.63) is 46.0 Å². The van der Waals surface area contributed by atoms with Crippen LogP contribution < -0.4 is 10.3 Å². The van der Waals surface area contributed by atoms with Crippen LogP contribution in [0.15, 0.2) is 29.1 Å². The van der Waals surface area contributed by atoms with E-state index < -0.39 is 0 Å². The Kier molecular flexibility index (Phi) is 6.41. The molecule has 2 aliphatic rings. The summed E-state index contributed by atoms with van der Waals surface area (Å²) in [6, 6.07) is 7.40. The first-order valence-corrected chi connectivity index (χ1v) is 12.0. The van der Waals surface area contributed by atoms with E-state index in [2.05, 4.69) is 32.3 Å². The molecular weight excluding hydrogens is 420 g/mol. The number of aromatic amines is 1. The highest BCUT2D eigenvalue weighted by Gasteiger charge is 2.33. The van der Waals surface area contributed by atoms with Crippen molar-refractivity contribution in [1.29, 1.82) is 0 Å². The van der Waals surface area contributed by atoms with Crippen LogP contribution in [-0.2, 0) is 11.3 Å². The zero-order chi connectivity index (χ0) is 22.8. The number of ether oxygens (including phenoxy) is 2. The molecule has 0 spiro atoms. The van der Waals surface area contributed by atoms with Gasteiger partial charge in [-0.3, -0.25) is 9.69 Å². The highest BCUT2D eigenvalue weighted by Crippen LogP contribution is 2.32. The van der Waals surface area contributed by atoms with E-state index in [0.717, 1.165) is 55.6 Å². The fourth-order valence-corrected chi connectivity index (χ4v) is 5.14. The number of piperidine rings is 1. The van der Waals surface area contributed by atoms with Crippen LogP contribution in [0.5, 0.6) is 5.75 Å². The van der Waals surface area contributed by atoms with Crippen LogP contribution in [0.4, 0.5) is 0 Å². The van der Waals surface area contributed by atoms with E-state index in [1.54, 1.807) is 0 Å². The van der Waals surface area contributed by atoms with Gasteiger partial charge in [-0.1, -0.05) is 6.92 Å². The lowest BCUT2D eigenvalue weighted by Gasteiger charge is -2.36. The number of rotatable bonds is 7. The van der Waals surface area contributed by atoms with Crippen LogP contribution in [0.1, 0.15) is 57.0 Å². The molecule has 2 aliphatic heterocycles. The summed E-state index contributed by atoms with van der Waals surface area (Å²) in [6.07, 6.45) is 4.45. The number of nitrogens with zero attached hydrogens (tertiary/aromatic N) is 5. The molecule has 0 amide bonds. The number of hydrogen-bond donors (Lipinski definition) is 1. The summed E-state index contributed by atoms with van der Waals surface area (Å²) in [5.74, 6) is 2.03. The SMILES string of the molecule is CCOc1ccc2[nH]c(=O)c([C@H](c3nnnn3C[C@@H]3CCCO3)N3CCC[C@@H](C)C3)cc2c1. The Bertz CT molecular complexity index is 1150. The van der Waals surface area contributed by atoms with Crippen LogP contribution in [0.2, 0.25) is 0 Å². The number of benzene rings is 1. The lowest BCUT2D eigenvalue weighted by atomic mass is 9.95. The quantitative estimate of drug-likeness (QED) is 0.588. The number of fused-ring (bicyclic) bond motifs is 1. The number of aromatic nitrogens is 5. The fourth-order valence-electron chi connectivity index (χ4n) is 5.14. The summed E-state index contributed by atoms with van der Waals surface area (Å²) in [7, 11) is 0. The van der Waals surface area contributed by atoms with E-state index in [9.17, 15) is 4.79 Å². The second kappa shape index (κ2) is 9.61.